The van der Waals surface area contributed by atoms with Crippen LogP contribution in [-0.2, 0) is 23.9 Å². The molecule has 0 spiro atoms. The SMILES string of the molecule is C=C(C)C(=O)OCCCOc1ccc(C(=O)Oc2ccc3c(c2)C(C)c2cc(OC(=O)C(=C)CC(=O)OC4CCCCC4)ccc2-3)cc1. The molecule has 0 heterocycles. The van der Waals surface area contributed by atoms with Gasteiger partial charge in [0.05, 0.1) is 25.2 Å². The fourth-order valence-corrected chi connectivity index (χ4v) is 5.81. The van der Waals surface area contributed by atoms with Gasteiger partial charge in [-0.05, 0) is 103 Å². The van der Waals surface area contributed by atoms with Gasteiger partial charge in [0.2, 0.25) is 0 Å². The Morgan fingerprint density at radius 3 is 1.98 bits per heavy atom. The molecule has 1 saturated carbocycles. The van der Waals surface area contributed by atoms with Crippen LogP contribution in [0.15, 0.2) is 85.0 Å². The van der Waals surface area contributed by atoms with Crippen molar-refractivity contribution in [2.75, 3.05) is 13.2 Å². The zero-order valence-corrected chi connectivity index (χ0v) is 27.4. The van der Waals surface area contributed by atoms with Gasteiger partial charge in [-0.25, -0.2) is 14.4 Å². The normalized spacial score (nSPS) is 15.0. The summed E-state index contributed by atoms with van der Waals surface area (Å²) < 4.78 is 27.5. The summed E-state index contributed by atoms with van der Waals surface area (Å²) in [6, 6.07) is 17.6. The van der Waals surface area contributed by atoms with Crippen LogP contribution in [0, 0.1) is 0 Å². The molecular formula is C39H40O9. The van der Waals surface area contributed by atoms with E-state index < -0.39 is 23.9 Å². The predicted octanol–water partition coefficient (Wildman–Crippen LogP) is 7.65. The molecule has 48 heavy (non-hydrogen) atoms. The minimum atomic E-state index is -0.672. The van der Waals surface area contributed by atoms with Crippen molar-refractivity contribution in [2.24, 2.45) is 0 Å². The van der Waals surface area contributed by atoms with Gasteiger partial charge in [-0.3, -0.25) is 4.79 Å². The van der Waals surface area contributed by atoms with E-state index in [0.717, 1.165) is 54.4 Å². The first-order valence-electron chi connectivity index (χ1n) is 16.2. The van der Waals surface area contributed by atoms with E-state index in [9.17, 15) is 19.2 Å². The quantitative estimate of drug-likeness (QED) is 0.0795. The lowest BCUT2D eigenvalue weighted by molar-refractivity contribution is -0.150. The third-order valence-corrected chi connectivity index (χ3v) is 8.42. The molecule has 9 nitrogen and oxygen atoms in total. The summed E-state index contributed by atoms with van der Waals surface area (Å²) in [6.07, 6.45) is 5.17. The van der Waals surface area contributed by atoms with Gasteiger partial charge in [0.25, 0.3) is 0 Å². The van der Waals surface area contributed by atoms with Crippen LogP contribution in [0.4, 0.5) is 0 Å². The number of fused-ring (bicyclic) bond motifs is 3. The molecular weight excluding hydrogens is 612 g/mol. The number of benzene rings is 3. The molecule has 1 unspecified atom stereocenters. The summed E-state index contributed by atoms with van der Waals surface area (Å²) in [5.74, 6) is -0.785. The fourth-order valence-electron chi connectivity index (χ4n) is 5.81. The topological polar surface area (TPSA) is 114 Å². The summed E-state index contributed by atoms with van der Waals surface area (Å²) >= 11 is 0. The number of carbonyl (C=O) groups excluding carboxylic acids is 4. The number of rotatable bonds is 13. The highest BCUT2D eigenvalue weighted by Crippen LogP contribution is 2.47. The van der Waals surface area contributed by atoms with Gasteiger partial charge in [-0.15, -0.1) is 0 Å². The third-order valence-electron chi connectivity index (χ3n) is 8.42. The minimum Gasteiger partial charge on any atom is -0.493 e. The van der Waals surface area contributed by atoms with Crippen LogP contribution >= 0.6 is 0 Å². The second kappa shape index (κ2) is 15.6. The highest BCUT2D eigenvalue weighted by atomic mass is 16.6. The van der Waals surface area contributed by atoms with Crippen molar-refractivity contribution in [3.63, 3.8) is 0 Å². The molecule has 2 aliphatic rings. The van der Waals surface area contributed by atoms with Crippen LogP contribution in [0.2, 0.25) is 0 Å². The summed E-state index contributed by atoms with van der Waals surface area (Å²) in [5, 5.41) is 0. The average Bonchev–Trinajstić information content (AvgIpc) is 3.35. The molecule has 9 heteroatoms. The van der Waals surface area contributed by atoms with Gasteiger partial charge in [-0.2, -0.15) is 0 Å². The zero-order valence-electron chi connectivity index (χ0n) is 27.4. The molecule has 0 N–H and O–H groups in total. The first kappa shape index (κ1) is 34.2. The largest absolute Gasteiger partial charge is 0.493 e. The number of carbonyl (C=O) groups is 4. The Hall–Kier alpha value is -5.18. The molecule has 0 aliphatic heterocycles. The summed E-state index contributed by atoms with van der Waals surface area (Å²) in [5.41, 5.74) is 4.69. The average molecular weight is 653 g/mol. The van der Waals surface area contributed by atoms with Crippen molar-refractivity contribution in [2.45, 2.75) is 70.8 Å². The number of ether oxygens (including phenoxy) is 5. The van der Waals surface area contributed by atoms with Gasteiger partial charge >= 0.3 is 23.9 Å². The molecule has 0 bridgehead atoms. The molecule has 2 aliphatic carbocycles. The van der Waals surface area contributed by atoms with Crippen LogP contribution in [0.3, 0.4) is 0 Å². The standard InChI is InChI=1S/C39H40O9/c1-24(2)37(41)45-20-8-19-44-28-13-11-27(12-14-28)39(43)48-31-16-18-33-32-17-15-30(22-34(32)26(4)35(33)23-31)47-38(42)25(3)21-36(40)46-29-9-6-5-7-10-29/h11-18,22-23,26,29H,1,3,5-10,19-21H2,2,4H3. The molecule has 1 atom stereocenters. The van der Waals surface area contributed by atoms with Crippen molar-refractivity contribution in [1.29, 1.82) is 0 Å². The van der Waals surface area contributed by atoms with E-state index in [2.05, 4.69) is 13.2 Å². The Bertz CT molecular complexity index is 1710. The van der Waals surface area contributed by atoms with E-state index in [1.165, 1.54) is 0 Å². The molecule has 0 aromatic heterocycles. The highest BCUT2D eigenvalue weighted by molar-refractivity contribution is 5.95. The Morgan fingerprint density at radius 2 is 1.35 bits per heavy atom. The van der Waals surface area contributed by atoms with Crippen LogP contribution in [0.25, 0.3) is 11.1 Å². The lowest BCUT2D eigenvalue weighted by Crippen LogP contribution is -2.22. The Labute approximate surface area is 280 Å². The molecule has 0 radical (unpaired) electrons. The molecule has 3 aromatic carbocycles. The number of hydrogen-bond acceptors (Lipinski definition) is 9. The highest BCUT2D eigenvalue weighted by Gasteiger charge is 2.28. The van der Waals surface area contributed by atoms with Crippen LogP contribution in [0.5, 0.6) is 17.2 Å². The lowest BCUT2D eigenvalue weighted by Gasteiger charge is -2.21. The fraction of sp³-hybridized carbons (Fsp3) is 0.333. The van der Waals surface area contributed by atoms with E-state index in [1.54, 1.807) is 43.3 Å². The monoisotopic (exact) mass is 652 g/mol. The van der Waals surface area contributed by atoms with Crippen LogP contribution in [-0.4, -0.2) is 43.2 Å². The molecule has 5 rings (SSSR count). The number of esters is 4. The van der Waals surface area contributed by atoms with Gasteiger partial charge in [0, 0.05) is 23.5 Å². The van der Waals surface area contributed by atoms with Gasteiger partial charge in [-0.1, -0.05) is 38.6 Å². The van der Waals surface area contributed by atoms with Gasteiger partial charge < -0.3 is 23.7 Å². The molecule has 0 amide bonds. The van der Waals surface area contributed by atoms with Crippen molar-refractivity contribution >= 4 is 23.9 Å². The molecule has 3 aromatic rings. The molecule has 0 saturated heterocycles. The van der Waals surface area contributed by atoms with Crippen LogP contribution in [0.1, 0.15) is 86.2 Å². The Kier molecular flexibility index (Phi) is 11.1. The van der Waals surface area contributed by atoms with Crippen molar-refractivity contribution in [1.82, 2.24) is 0 Å². The van der Waals surface area contributed by atoms with E-state index in [-0.39, 0.29) is 30.6 Å². The van der Waals surface area contributed by atoms with E-state index >= 15 is 0 Å². The van der Waals surface area contributed by atoms with Gasteiger partial charge in [0.15, 0.2) is 0 Å². The van der Waals surface area contributed by atoms with Gasteiger partial charge in [0.1, 0.15) is 23.4 Å². The predicted molar refractivity (Wildman–Crippen MR) is 179 cm³/mol. The first-order chi connectivity index (χ1) is 23.1. The summed E-state index contributed by atoms with van der Waals surface area (Å²) in [7, 11) is 0. The van der Waals surface area contributed by atoms with E-state index in [0.29, 0.717) is 41.4 Å². The van der Waals surface area contributed by atoms with Crippen molar-refractivity contribution in [3.8, 4) is 28.4 Å². The van der Waals surface area contributed by atoms with Crippen molar-refractivity contribution in [3.05, 3.63) is 102 Å². The maximum Gasteiger partial charge on any atom is 0.343 e. The summed E-state index contributed by atoms with van der Waals surface area (Å²) in [6.45, 7) is 11.5. The molecule has 250 valence electrons. The molecule has 1 fully saturated rings. The van der Waals surface area contributed by atoms with Crippen LogP contribution < -0.4 is 14.2 Å². The summed E-state index contributed by atoms with van der Waals surface area (Å²) in [4.78, 5) is 49.4. The third kappa shape index (κ3) is 8.59. The Balaban J connectivity index is 1.13. The smallest absolute Gasteiger partial charge is 0.343 e. The van der Waals surface area contributed by atoms with Crippen molar-refractivity contribution < 1.29 is 42.9 Å². The van der Waals surface area contributed by atoms with E-state index in [1.807, 2.05) is 31.2 Å². The lowest BCUT2D eigenvalue weighted by atomic mass is 9.98. The van der Waals surface area contributed by atoms with E-state index in [4.69, 9.17) is 23.7 Å². The zero-order chi connectivity index (χ0) is 34.2. The number of hydrogen-bond donors (Lipinski definition) is 0. The second-order valence-corrected chi connectivity index (χ2v) is 12.2. The minimum absolute atomic E-state index is 0.0417. The maximum absolute atomic E-state index is 12.9. The maximum atomic E-state index is 12.9. The first-order valence-corrected chi connectivity index (χ1v) is 16.2. The Morgan fingerprint density at radius 1 is 0.750 bits per heavy atom. The second-order valence-electron chi connectivity index (χ2n) is 12.2.